The van der Waals surface area contributed by atoms with Gasteiger partial charge in [-0.25, -0.2) is 0 Å². The molecule has 1 fully saturated rings. The number of ketones is 1. The van der Waals surface area contributed by atoms with Gasteiger partial charge in [0.2, 0.25) is 0 Å². The normalized spacial score (nSPS) is 20.9. The summed E-state index contributed by atoms with van der Waals surface area (Å²) in [7, 11) is 1.94. The number of carbonyl (C=O) groups excluding carboxylic acids is 1. The molecule has 0 aliphatic carbocycles. The first-order chi connectivity index (χ1) is 11.6. The van der Waals surface area contributed by atoms with Crippen molar-refractivity contribution in [2.45, 2.75) is 18.7 Å². The molecule has 0 unspecified atom stereocenters. The highest BCUT2D eigenvalue weighted by molar-refractivity contribution is 5.96. The number of Topliss-reactive ketones (excluding diaryl/α,β-unsaturated/α-hetero) is 1. The van der Waals surface area contributed by atoms with E-state index in [4.69, 9.17) is 4.74 Å². The number of nitro groups is 1. The third kappa shape index (κ3) is 3.34. The van der Waals surface area contributed by atoms with Crippen molar-refractivity contribution in [1.29, 1.82) is 0 Å². The predicted molar refractivity (Wildman–Crippen MR) is 88.7 cm³/mol. The Morgan fingerprint density at radius 2 is 1.88 bits per heavy atom. The third-order valence-corrected chi connectivity index (χ3v) is 4.30. The molecule has 1 heterocycles. The van der Waals surface area contributed by atoms with Gasteiger partial charge in [0.05, 0.1) is 11.5 Å². The molecule has 1 saturated heterocycles. The van der Waals surface area contributed by atoms with Crippen LogP contribution in [0.5, 0.6) is 0 Å². The summed E-state index contributed by atoms with van der Waals surface area (Å²) in [4.78, 5) is 24.7. The number of benzene rings is 2. The fraction of sp³-hybridized carbons (Fsp3) is 0.278. The molecule has 124 valence electrons. The van der Waals surface area contributed by atoms with Crippen LogP contribution in [0, 0.1) is 10.1 Å². The number of rotatable bonds is 5. The summed E-state index contributed by atoms with van der Waals surface area (Å²) >= 11 is 0. The molecule has 2 atom stereocenters. The average molecular weight is 326 g/mol. The van der Waals surface area contributed by atoms with Gasteiger partial charge in [-0.1, -0.05) is 30.3 Å². The van der Waals surface area contributed by atoms with Crippen LogP contribution >= 0.6 is 0 Å². The molecular weight excluding hydrogens is 308 g/mol. The lowest BCUT2D eigenvalue weighted by Gasteiger charge is -2.23. The molecule has 0 bridgehead atoms. The Morgan fingerprint density at radius 3 is 2.50 bits per heavy atom. The Kier molecular flexibility index (Phi) is 4.69. The van der Waals surface area contributed by atoms with Gasteiger partial charge >= 0.3 is 0 Å². The molecule has 24 heavy (non-hydrogen) atoms. The smallest absolute Gasteiger partial charge is 0.269 e. The quantitative estimate of drug-likeness (QED) is 0.479. The number of nitrogens with zero attached hydrogens (tertiary/aromatic N) is 2. The second-order valence-corrected chi connectivity index (χ2v) is 5.85. The molecule has 0 amide bonds. The molecule has 0 radical (unpaired) electrons. The summed E-state index contributed by atoms with van der Waals surface area (Å²) in [6, 6.07) is 15.6. The van der Waals surface area contributed by atoms with E-state index in [9.17, 15) is 14.9 Å². The maximum atomic E-state index is 12.4. The number of non-ortho nitro benzene ring substituents is 1. The topological polar surface area (TPSA) is 72.7 Å². The fourth-order valence-corrected chi connectivity index (χ4v) is 2.88. The van der Waals surface area contributed by atoms with Crippen LogP contribution in [-0.4, -0.2) is 35.3 Å². The minimum Gasteiger partial charge on any atom is -0.357 e. The van der Waals surface area contributed by atoms with Crippen molar-refractivity contribution in [1.82, 2.24) is 4.90 Å². The number of carbonyl (C=O) groups is 1. The average Bonchev–Trinajstić information content (AvgIpc) is 2.96. The van der Waals surface area contributed by atoms with Gasteiger partial charge in [-0.15, -0.1) is 0 Å². The number of hydrogen-bond acceptors (Lipinski definition) is 5. The summed E-state index contributed by atoms with van der Waals surface area (Å²) < 4.78 is 5.84. The maximum absolute atomic E-state index is 12.4. The largest absolute Gasteiger partial charge is 0.357 e. The molecule has 6 heteroatoms. The lowest BCUT2D eigenvalue weighted by atomic mass is 10.0. The first kappa shape index (κ1) is 16.3. The zero-order valence-electron chi connectivity index (χ0n) is 13.3. The van der Waals surface area contributed by atoms with E-state index >= 15 is 0 Å². The number of likely N-dealkylation sites (N-methyl/N-ethyl adjacent to an activating group) is 1. The van der Waals surface area contributed by atoms with Crippen LogP contribution in [-0.2, 0) is 4.74 Å². The van der Waals surface area contributed by atoms with E-state index in [1.54, 1.807) is 0 Å². The minimum absolute atomic E-state index is 0.0158. The van der Waals surface area contributed by atoms with Gasteiger partial charge in [-0.2, -0.15) is 0 Å². The van der Waals surface area contributed by atoms with Gasteiger partial charge in [0.1, 0.15) is 6.23 Å². The second kappa shape index (κ2) is 6.90. The molecule has 6 nitrogen and oxygen atoms in total. The van der Waals surface area contributed by atoms with E-state index in [0.29, 0.717) is 18.6 Å². The highest BCUT2D eigenvalue weighted by Gasteiger charge is 2.33. The van der Waals surface area contributed by atoms with E-state index < -0.39 is 4.92 Å². The highest BCUT2D eigenvalue weighted by atomic mass is 16.6. The zero-order chi connectivity index (χ0) is 17.1. The Hall–Kier alpha value is -2.57. The van der Waals surface area contributed by atoms with Crippen LogP contribution in [0.15, 0.2) is 54.6 Å². The number of hydrogen-bond donors (Lipinski definition) is 0. The van der Waals surface area contributed by atoms with Gasteiger partial charge in [0.25, 0.3) is 5.69 Å². The maximum Gasteiger partial charge on any atom is 0.269 e. The van der Waals surface area contributed by atoms with Crippen LogP contribution in [0.3, 0.4) is 0 Å². The summed E-state index contributed by atoms with van der Waals surface area (Å²) in [6.07, 6.45) is 0.165. The van der Waals surface area contributed by atoms with Gasteiger partial charge in [-0.05, 0) is 24.7 Å². The second-order valence-electron chi connectivity index (χ2n) is 5.85. The molecule has 0 spiro atoms. The van der Waals surface area contributed by atoms with Crippen molar-refractivity contribution in [3.8, 4) is 0 Å². The van der Waals surface area contributed by atoms with E-state index in [2.05, 4.69) is 4.90 Å². The molecule has 0 N–H and O–H groups in total. The Labute approximate surface area is 139 Å². The van der Waals surface area contributed by atoms with Crippen molar-refractivity contribution < 1.29 is 14.5 Å². The highest BCUT2D eigenvalue weighted by Crippen LogP contribution is 2.30. The predicted octanol–water partition coefficient (Wildman–Crippen LogP) is 3.20. The summed E-state index contributed by atoms with van der Waals surface area (Å²) in [5.41, 5.74) is 1.53. The Morgan fingerprint density at radius 1 is 1.21 bits per heavy atom. The molecule has 0 saturated carbocycles. The third-order valence-electron chi connectivity index (χ3n) is 4.30. The van der Waals surface area contributed by atoms with Crippen LogP contribution in [0.4, 0.5) is 5.69 Å². The summed E-state index contributed by atoms with van der Waals surface area (Å²) in [5.74, 6) is -0.0425. The van der Waals surface area contributed by atoms with Crippen LogP contribution in [0.25, 0.3) is 0 Å². The van der Waals surface area contributed by atoms with Gasteiger partial charge in [-0.3, -0.25) is 19.8 Å². The first-order valence-corrected chi connectivity index (χ1v) is 7.72. The van der Waals surface area contributed by atoms with Crippen LogP contribution in [0.1, 0.15) is 28.6 Å². The van der Waals surface area contributed by atoms with E-state index in [1.807, 2.05) is 37.4 Å². The van der Waals surface area contributed by atoms with Crippen molar-refractivity contribution in [2.24, 2.45) is 0 Å². The van der Waals surface area contributed by atoms with E-state index in [0.717, 1.165) is 5.56 Å². The van der Waals surface area contributed by atoms with Crippen molar-refractivity contribution in [3.05, 3.63) is 75.8 Å². The van der Waals surface area contributed by atoms with Crippen molar-refractivity contribution >= 4 is 11.5 Å². The standard InChI is InChI=1S/C18H18N2O4/c1-19-16(12-24-18(19)14-5-3-2-4-6-14)11-17(21)13-7-9-15(10-8-13)20(22)23/h2-10,16,18H,11-12H2,1H3/t16-,18+/m1/s1. The van der Waals surface area contributed by atoms with E-state index in [-0.39, 0.29) is 23.7 Å². The lowest BCUT2D eigenvalue weighted by Crippen LogP contribution is -2.31. The molecule has 3 rings (SSSR count). The van der Waals surface area contributed by atoms with E-state index in [1.165, 1.54) is 24.3 Å². The molecule has 1 aliphatic rings. The molecule has 2 aromatic carbocycles. The zero-order valence-corrected chi connectivity index (χ0v) is 13.3. The molecule has 2 aromatic rings. The van der Waals surface area contributed by atoms with Crippen molar-refractivity contribution in [3.63, 3.8) is 0 Å². The van der Waals surface area contributed by atoms with Gasteiger partial charge < -0.3 is 4.74 Å². The van der Waals surface area contributed by atoms with Gasteiger partial charge in [0, 0.05) is 30.2 Å². The molecule has 1 aliphatic heterocycles. The molecular formula is C18H18N2O4. The number of nitro benzene ring substituents is 1. The SMILES string of the molecule is CN1[C@H](CC(=O)c2ccc([N+](=O)[O-])cc2)CO[C@H]1c1ccccc1. The Bertz CT molecular complexity index is 730. The van der Waals surface area contributed by atoms with Crippen LogP contribution < -0.4 is 0 Å². The fourth-order valence-electron chi connectivity index (χ4n) is 2.88. The molecule has 0 aromatic heterocycles. The summed E-state index contributed by atoms with van der Waals surface area (Å²) in [6.45, 7) is 0.481. The lowest BCUT2D eigenvalue weighted by molar-refractivity contribution is -0.384. The summed E-state index contributed by atoms with van der Waals surface area (Å²) in [5, 5.41) is 10.7. The van der Waals surface area contributed by atoms with Crippen LogP contribution in [0.2, 0.25) is 0 Å². The van der Waals surface area contributed by atoms with Gasteiger partial charge in [0.15, 0.2) is 5.78 Å². The monoisotopic (exact) mass is 326 g/mol. The van der Waals surface area contributed by atoms with Crippen molar-refractivity contribution in [2.75, 3.05) is 13.7 Å². The Balaban J connectivity index is 1.66. The first-order valence-electron chi connectivity index (χ1n) is 7.72. The number of ether oxygens (including phenoxy) is 1. The minimum atomic E-state index is -0.475.